The predicted molar refractivity (Wildman–Crippen MR) is 141 cm³/mol. The molecule has 0 aliphatic carbocycles. The quantitative estimate of drug-likeness (QED) is 0.242. The van der Waals surface area contributed by atoms with Gasteiger partial charge in [-0.05, 0) is 36.1 Å². The summed E-state index contributed by atoms with van der Waals surface area (Å²) in [5.74, 6) is 1.88. The highest BCUT2D eigenvalue weighted by Gasteiger charge is 2.20. The number of halogens is 1. The molecule has 0 unspecified atom stereocenters. The van der Waals surface area contributed by atoms with E-state index in [1.165, 1.54) is 11.1 Å². The Morgan fingerprint density at radius 3 is 2.25 bits per heavy atom. The number of aliphatic imine (C=N–C) groups is 1. The molecule has 1 fully saturated rings. The van der Waals surface area contributed by atoms with Crippen LogP contribution in [0.3, 0.4) is 0 Å². The maximum atomic E-state index is 5.45. The second kappa shape index (κ2) is 13.3. The van der Waals surface area contributed by atoms with E-state index in [2.05, 4.69) is 70.1 Å². The average molecular weight is 544 g/mol. The number of nitrogens with zero attached hydrogens (tertiary/aromatic N) is 2. The zero-order valence-corrected chi connectivity index (χ0v) is 20.8. The number of rotatable bonds is 8. The summed E-state index contributed by atoms with van der Waals surface area (Å²) < 4.78 is 5.45. The summed E-state index contributed by atoms with van der Waals surface area (Å²) in [5, 5.41) is 7.16. The molecule has 0 atom stereocenters. The third kappa shape index (κ3) is 7.98. The van der Waals surface area contributed by atoms with E-state index >= 15 is 0 Å². The van der Waals surface area contributed by atoms with Gasteiger partial charge in [-0.3, -0.25) is 4.90 Å². The molecule has 32 heavy (non-hydrogen) atoms. The molecular weight excluding hydrogens is 511 g/mol. The number of hydrogen-bond acceptors (Lipinski definition) is 3. The molecule has 2 heterocycles. The van der Waals surface area contributed by atoms with E-state index in [9.17, 15) is 0 Å². The fourth-order valence-corrected chi connectivity index (χ4v) is 3.94. The molecule has 5 nitrogen and oxygen atoms in total. The van der Waals surface area contributed by atoms with Crippen molar-refractivity contribution in [1.29, 1.82) is 0 Å². The molecule has 1 aliphatic rings. The number of piperidine rings is 1. The minimum absolute atomic E-state index is 0. The van der Waals surface area contributed by atoms with Crippen molar-refractivity contribution in [3.8, 4) is 0 Å². The van der Waals surface area contributed by atoms with Crippen molar-refractivity contribution >= 4 is 29.9 Å². The Hall–Kier alpha value is -2.32. The maximum absolute atomic E-state index is 5.45. The van der Waals surface area contributed by atoms with Crippen molar-refractivity contribution in [3.63, 3.8) is 0 Å². The normalized spacial score (nSPS) is 15.2. The lowest BCUT2D eigenvalue weighted by Crippen LogP contribution is -2.48. The fourth-order valence-electron chi connectivity index (χ4n) is 3.94. The van der Waals surface area contributed by atoms with Crippen LogP contribution in [0.5, 0.6) is 0 Å². The molecule has 0 saturated carbocycles. The van der Waals surface area contributed by atoms with Crippen LogP contribution < -0.4 is 10.6 Å². The Morgan fingerprint density at radius 2 is 1.59 bits per heavy atom. The molecule has 3 aromatic rings. The molecule has 6 heteroatoms. The number of nitrogens with one attached hydrogen (secondary N) is 2. The fraction of sp³-hybridized carbons (Fsp3) is 0.346. The minimum atomic E-state index is 0. The molecule has 170 valence electrons. The van der Waals surface area contributed by atoms with Crippen molar-refractivity contribution in [2.75, 3.05) is 19.6 Å². The van der Waals surface area contributed by atoms with Crippen LogP contribution in [-0.4, -0.2) is 36.5 Å². The van der Waals surface area contributed by atoms with E-state index in [0.717, 1.165) is 57.2 Å². The van der Waals surface area contributed by atoms with Gasteiger partial charge in [0.25, 0.3) is 0 Å². The third-order valence-corrected chi connectivity index (χ3v) is 5.68. The number of hydrogen-bond donors (Lipinski definition) is 2. The molecule has 1 aromatic heterocycles. The molecule has 1 saturated heterocycles. The summed E-state index contributed by atoms with van der Waals surface area (Å²) in [5.41, 5.74) is 2.60. The average Bonchev–Trinajstić information content (AvgIpc) is 3.34. The topological polar surface area (TPSA) is 52.8 Å². The molecular formula is C26H33IN4O. The van der Waals surface area contributed by atoms with Crippen LogP contribution in [0.2, 0.25) is 0 Å². The third-order valence-electron chi connectivity index (χ3n) is 5.68. The van der Waals surface area contributed by atoms with Crippen LogP contribution in [0.15, 0.2) is 88.5 Å². The number of guanidine groups is 1. The Balaban J connectivity index is 0.00000289. The first-order chi connectivity index (χ1) is 15.3. The van der Waals surface area contributed by atoms with Crippen LogP contribution in [0.25, 0.3) is 0 Å². The summed E-state index contributed by atoms with van der Waals surface area (Å²) in [6, 6.07) is 25.5. The zero-order valence-electron chi connectivity index (χ0n) is 18.5. The lowest BCUT2D eigenvalue weighted by atomic mass is 10.0. The first-order valence-corrected chi connectivity index (χ1v) is 11.2. The number of likely N-dealkylation sites (tertiary alicyclic amines) is 1. The van der Waals surface area contributed by atoms with Gasteiger partial charge in [0.2, 0.25) is 0 Å². The Kier molecular flexibility index (Phi) is 10.1. The van der Waals surface area contributed by atoms with E-state index in [0.29, 0.717) is 12.6 Å². The monoisotopic (exact) mass is 544 g/mol. The SMILES string of the molecule is I.c1ccc(CN=C(NCCc2ccco2)NC2CCN(Cc3ccccc3)CC2)cc1. The summed E-state index contributed by atoms with van der Waals surface area (Å²) in [6.07, 6.45) is 4.81. The van der Waals surface area contributed by atoms with Crippen LogP contribution in [0.4, 0.5) is 0 Å². The second-order valence-corrected chi connectivity index (χ2v) is 8.09. The van der Waals surface area contributed by atoms with Gasteiger partial charge in [0.05, 0.1) is 12.8 Å². The van der Waals surface area contributed by atoms with Gasteiger partial charge in [-0.1, -0.05) is 60.7 Å². The van der Waals surface area contributed by atoms with E-state index in [1.807, 2.05) is 18.2 Å². The first kappa shape index (κ1) is 24.3. The maximum Gasteiger partial charge on any atom is 0.191 e. The van der Waals surface area contributed by atoms with Crippen LogP contribution >= 0.6 is 24.0 Å². The van der Waals surface area contributed by atoms with Gasteiger partial charge in [-0.25, -0.2) is 4.99 Å². The van der Waals surface area contributed by atoms with Crippen molar-refractivity contribution in [2.45, 2.75) is 38.4 Å². The number of furan rings is 1. The van der Waals surface area contributed by atoms with Gasteiger partial charge >= 0.3 is 0 Å². The van der Waals surface area contributed by atoms with Crippen LogP contribution in [-0.2, 0) is 19.5 Å². The Morgan fingerprint density at radius 1 is 0.906 bits per heavy atom. The predicted octanol–water partition coefficient (Wildman–Crippen LogP) is 4.84. The second-order valence-electron chi connectivity index (χ2n) is 8.09. The summed E-state index contributed by atoms with van der Waals surface area (Å²) >= 11 is 0. The van der Waals surface area contributed by atoms with Crippen molar-refractivity contribution in [3.05, 3.63) is 95.9 Å². The highest BCUT2D eigenvalue weighted by atomic mass is 127. The van der Waals surface area contributed by atoms with Gasteiger partial charge in [0, 0.05) is 38.6 Å². The first-order valence-electron chi connectivity index (χ1n) is 11.2. The van der Waals surface area contributed by atoms with E-state index < -0.39 is 0 Å². The Bertz CT molecular complexity index is 908. The molecule has 2 N–H and O–H groups in total. The van der Waals surface area contributed by atoms with Crippen LogP contribution in [0, 0.1) is 0 Å². The molecule has 0 bridgehead atoms. The van der Waals surface area contributed by atoms with Crippen molar-refractivity contribution in [1.82, 2.24) is 15.5 Å². The molecule has 2 aromatic carbocycles. The summed E-state index contributed by atoms with van der Waals surface area (Å²) in [4.78, 5) is 7.38. The standard InChI is InChI=1S/C26H32N4O.HI/c1-3-8-22(9-4-1)20-28-26(27-16-13-25-12-7-19-31-25)29-24-14-17-30(18-15-24)21-23-10-5-2-6-11-23;/h1-12,19,24H,13-18,20-21H2,(H2,27,28,29);1H. The minimum Gasteiger partial charge on any atom is -0.469 e. The lowest BCUT2D eigenvalue weighted by molar-refractivity contribution is 0.198. The van der Waals surface area contributed by atoms with Gasteiger partial charge in [-0.15, -0.1) is 24.0 Å². The van der Waals surface area contributed by atoms with Gasteiger partial charge in [-0.2, -0.15) is 0 Å². The summed E-state index contributed by atoms with van der Waals surface area (Å²) in [6.45, 7) is 4.70. The molecule has 4 rings (SSSR count). The van der Waals surface area contributed by atoms with E-state index in [-0.39, 0.29) is 24.0 Å². The van der Waals surface area contributed by atoms with Gasteiger partial charge in [0.1, 0.15) is 5.76 Å². The van der Waals surface area contributed by atoms with E-state index in [4.69, 9.17) is 9.41 Å². The van der Waals surface area contributed by atoms with Crippen molar-refractivity contribution < 1.29 is 4.42 Å². The zero-order chi connectivity index (χ0) is 21.1. The van der Waals surface area contributed by atoms with E-state index in [1.54, 1.807) is 6.26 Å². The van der Waals surface area contributed by atoms with Gasteiger partial charge in [0.15, 0.2) is 5.96 Å². The highest BCUT2D eigenvalue weighted by Crippen LogP contribution is 2.14. The lowest BCUT2D eigenvalue weighted by Gasteiger charge is -2.33. The van der Waals surface area contributed by atoms with Gasteiger partial charge < -0.3 is 15.1 Å². The summed E-state index contributed by atoms with van der Waals surface area (Å²) in [7, 11) is 0. The number of benzene rings is 2. The molecule has 1 aliphatic heterocycles. The van der Waals surface area contributed by atoms with Crippen molar-refractivity contribution in [2.24, 2.45) is 4.99 Å². The smallest absolute Gasteiger partial charge is 0.191 e. The molecule has 0 amide bonds. The highest BCUT2D eigenvalue weighted by molar-refractivity contribution is 14.0. The molecule has 0 radical (unpaired) electrons. The molecule has 0 spiro atoms. The largest absolute Gasteiger partial charge is 0.469 e. The Labute approximate surface area is 208 Å². The van der Waals surface area contributed by atoms with Crippen LogP contribution in [0.1, 0.15) is 29.7 Å².